The Hall–Kier alpha value is -3.64. The van der Waals surface area contributed by atoms with Crippen molar-refractivity contribution in [1.82, 2.24) is 0 Å². The van der Waals surface area contributed by atoms with Gasteiger partial charge in [-0.05, 0) is 19.1 Å². The summed E-state index contributed by atoms with van der Waals surface area (Å²) < 4.78 is 10.6. The van der Waals surface area contributed by atoms with E-state index in [1.54, 1.807) is 19.3 Å². The van der Waals surface area contributed by atoms with Crippen LogP contribution in [0, 0.1) is 20.2 Å². The molecule has 156 valence electrons. The minimum Gasteiger partial charge on any atom is -0.478 e. The molecule has 0 saturated heterocycles. The Morgan fingerprint density at radius 3 is 1.97 bits per heavy atom. The van der Waals surface area contributed by atoms with E-state index in [2.05, 4.69) is 0 Å². The van der Waals surface area contributed by atoms with Crippen molar-refractivity contribution >= 4 is 23.3 Å². The molecule has 0 amide bonds. The fraction of sp³-hybridized carbons (Fsp3) is 0.294. The van der Waals surface area contributed by atoms with Gasteiger partial charge in [0.25, 0.3) is 11.4 Å². The molecule has 0 heterocycles. The van der Waals surface area contributed by atoms with Crippen LogP contribution in [0.15, 0.2) is 42.0 Å². The maximum absolute atomic E-state index is 10.6. The zero-order valence-electron chi connectivity index (χ0n) is 15.4. The molecule has 2 N–H and O–H groups in total. The summed E-state index contributed by atoms with van der Waals surface area (Å²) in [4.78, 5) is 40.0. The molecule has 12 nitrogen and oxygen atoms in total. The van der Waals surface area contributed by atoms with Crippen LogP contribution in [0.3, 0.4) is 0 Å². The Morgan fingerprint density at radius 2 is 1.66 bits per heavy atom. The Balaban J connectivity index is 0.000000291. The van der Waals surface area contributed by atoms with Gasteiger partial charge in [-0.15, -0.1) is 0 Å². The molecule has 1 aliphatic rings. The molecule has 0 aromatic heterocycles. The Morgan fingerprint density at radius 1 is 1.10 bits per heavy atom. The van der Waals surface area contributed by atoms with Crippen molar-refractivity contribution in [2.45, 2.75) is 19.1 Å². The number of benzene rings is 1. The molecule has 1 aromatic rings. The van der Waals surface area contributed by atoms with Crippen molar-refractivity contribution < 1.29 is 39.1 Å². The van der Waals surface area contributed by atoms with E-state index in [4.69, 9.17) is 19.7 Å². The largest absolute Gasteiger partial charge is 0.478 e. The zero-order chi connectivity index (χ0) is 22.2. The minimum absolute atomic E-state index is 0.275. The summed E-state index contributed by atoms with van der Waals surface area (Å²) in [5.41, 5.74) is -1.46. The molecule has 1 aromatic carbocycles. The van der Waals surface area contributed by atoms with E-state index in [1.165, 1.54) is 6.08 Å². The van der Waals surface area contributed by atoms with Gasteiger partial charge in [-0.2, -0.15) is 0 Å². The molecule has 12 heteroatoms. The minimum atomic E-state index is -1.46. The van der Waals surface area contributed by atoms with Crippen LogP contribution in [0.4, 0.5) is 11.4 Å². The fourth-order valence-electron chi connectivity index (χ4n) is 2.25. The van der Waals surface area contributed by atoms with Crippen molar-refractivity contribution in [3.05, 3.63) is 67.8 Å². The first-order valence-electron chi connectivity index (χ1n) is 8.04. The van der Waals surface area contributed by atoms with Crippen molar-refractivity contribution in [2.24, 2.45) is 0 Å². The Bertz CT molecular complexity index is 798. The highest BCUT2D eigenvalue weighted by atomic mass is 16.7. The Kier molecular flexibility index (Phi) is 8.11. The summed E-state index contributed by atoms with van der Waals surface area (Å²) in [7, 11) is 1.54. The number of aliphatic carboxylic acids is 1. The number of ether oxygens (including phenoxy) is 2. The maximum atomic E-state index is 10.6. The number of carbonyl (C=O) groups is 2. The molecule has 0 saturated carbocycles. The molecule has 1 atom stereocenters. The highest BCUT2D eigenvalue weighted by Gasteiger charge is 2.29. The normalized spacial score (nSPS) is 17.5. The highest BCUT2D eigenvalue weighted by molar-refractivity contribution is 5.90. The van der Waals surface area contributed by atoms with E-state index in [1.807, 2.05) is 6.92 Å². The van der Waals surface area contributed by atoms with Crippen LogP contribution in [0.1, 0.15) is 23.7 Å². The number of nitro benzene ring substituents is 2. The number of nitro groups is 2. The van der Waals surface area contributed by atoms with Crippen LogP contribution >= 0.6 is 0 Å². The van der Waals surface area contributed by atoms with Gasteiger partial charge >= 0.3 is 11.9 Å². The second-order valence-corrected chi connectivity index (χ2v) is 5.51. The lowest BCUT2D eigenvalue weighted by molar-refractivity contribution is -0.394. The van der Waals surface area contributed by atoms with E-state index in [-0.39, 0.29) is 5.57 Å². The first kappa shape index (κ1) is 23.4. The smallest absolute Gasteiger partial charge is 0.336 e. The van der Waals surface area contributed by atoms with E-state index in [9.17, 15) is 29.8 Å². The molecule has 0 radical (unpaired) electrons. The van der Waals surface area contributed by atoms with Gasteiger partial charge in [-0.25, -0.2) is 9.59 Å². The standard InChI is InChI=1S/C10H14O4.C7H4N2O6/c1-3-14-10(13-2)6-4-8(5-7-10)9(11)12;10-7(11)4-1-5(8(12)13)3-6(2-4)9(14)15/h4-6H,3,7H2,1-2H3,(H,11,12);1-3H,(H,10,11). The number of non-ortho nitro benzene ring substituents is 2. The van der Waals surface area contributed by atoms with Gasteiger partial charge in [-0.1, -0.05) is 6.08 Å². The Labute approximate surface area is 164 Å². The average molecular weight is 410 g/mol. The van der Waals surface area contributed by atoms with Gasteiger partial charge in [0, 0.05) is 32.3 Å². The monoisotopic (exact) mass is 410 g/mol. The number of hydrogen-bond donors (Lipinski definition) is 2. The lowest BCUT2D eigenvalue weighted by Gasteiger charge is -2.29. The van der Waals surface area contributed by atoms with Gasteiger partial charge < -0.3 is 19.7 Å². The number of carboxylic acids is 2. The predicted octanol–water partition coefficient (Wildman–Crippen LogP) is 2.54. The third-order valence-electron chi connectivity index (χ3n) is 3.68. The molecule has 0 bridgehead atoms. The molecular weight excluding hydrogens is 392 g/mol. The molecule has 1 unspecified atom stereocenters. The predicted molar refractivity (Wildman–Crippen MR) is 97.6 cm³/mol. The molecule has 0 fully saturated rings. The topological polar surface area (TPSA) is 179 Å². The summed E-state index contributed by atoms with van der Waals surface area (Å²) >= 11 is 0. The van der Waals surface area contributed by atoms with Gasteiger partial charge in [-0.3, -0.25) is 20.2 Å². The van der Waals surface area contributed by atoms with Crippen LogP contribution in [-0.4, -0.2) is 51.5 Å². The van der Waals surface area contributed by atoms with Crippen molar-refractivity contribution in [1.29, 1.82) is 0 Å². The SMILES string of the molecule is CCOC1(OC)C=CC(C(=O)O)=CC1.O=C(O)c1cc([N+](=O)[O-])cc([N+](=O)[O-])c1. The lowest BCUT2D eigenvalue weighted by Crippen LogP contribution is -2.33. The number of methoxy groups -OCH3 is 1. The molecule has 0 spiro atoms. The molecule has 29 heavy (non-hydrogen) atoms. The third kappa shape index (κ3) is 6.48. The van der Waals surface area contributed by atoms with Crippen LogP contribution in [0.25, 0.3) is 0 Å². The van der Waals surface area contributed by atoms with Crippen molar-refractivity contribution in [3.63, 3.8) is 0 Å². The van der Waals surface area contributed by atoms with Crippen LogP contribution in [0.2, 0.25) is 0 Å². The summed E-state index contributed by atoms with van der Waals surface area (Å²) in [6, 6.07) is 2.22. The molecular formula is C17H18N2O10. The number of nitrogens with zero attached hydrogens (tertiary/aromatic N) is 2. The summed E-state index contributed by atoms with van der Waals surface area (Å²) in [5, 5.41) is 37.9. The summed E-state index contributed by atoms with van der Waals surface area (Å²) in [6.07, 6.45) is 5.17. The summed E-state index contributed by atoms with van der Waals surface area (Å²) in [6.45, 7) is 2.39. The van der Waals surface area contributed by atoms with E-state index in [0.29, 0.717) is 19.1 Å². The van der Waals surface area contributed by atoms with Gasteiger partial charge in [0.05, 0.1) is 27.0 Å². The quantitative estimate of drug-likeness (QED) is 0.385. The number of hydrogen-bond acceptors (Lipinski definition) is 8. The van der Waals surface area contributed by atoms with Crippen molar-refractivity contribution in [3.8, 4) is 0 Å². The van der Waals surface area contributed by atoms with Gasteiger partial charge in [0.1, 0.15) is 0 Å². The van der Waals surface area contributed by atoms with Gasteiger partial charge in [0.2, 0.25) is 0 Å². The van der Waals surface area contributed by atoms with Crippen LogP contribution < -0.4 is 0 Å². The molecule has 1 aliphatic carbocycles. The van der Waals surface area contributed by atoms with Crippen molar-refractivity contribution in [2.75, 3.05) is 13.7 Å². The zero-order valence-corrected chi connectivity index (χ0v) is 15.4. The van der Waals surface area contributed by atoms with E-state index >= 15 is 0 Å². The first-order valence-corrected chi connectivity index (χ1v) is 8.04. The second-order valence-electron chi connectivity index (χ2n) is 5.51. The number of carboxylic acid groups (broad SMARTS) is 2. The third-order valence-corrected chi connectivity index (χ3v) is 3.68. The lowest BCUT2D eigenvalue weighted by atomic mass is 10.0. The molecule has 0 aliphatic heterocycles. The second kappa shape index (κ2) is 10.1. The average Bonchev–Trinajstić information content (AvgIpc) is 2.68. The number of aromatic carboxylic acids is 1. The number of rotatable bonds is 7. The maximum Gasteiger partial charge on any atom is 0.336 e. The van der Waals surface area contributed by atoms with Crippen LogP contribution in [-0.2, 0) is 14.3 Å². The van der Waals surface area contributed by atoms with E-state index in [0.717, 1.165) is 12.1 Å². The molecule has 2 rings (SSSR count). The first-order chi connectivity index (χ1) is 13.5. The van der Waals surface area contributed by atoms with E-state index < -0.39 is 44.5 Å². The highest BCUT2D eigenvalue weighted by Crippen LogP contribution is 2.25. The van der Waals surface area contributed by atoms with Crippen LogP contribution in [0.5, 0.6) is 0 Å². The summed E-state index contributed by atoms with van der Waals surface area (Å²) in [5.74, 6) is -3.17. The fourth-order valence-corrected chi connectivity index (χ4v) is 2.25. The van der Waals surface area contributed by atoms with Gasteiger partial charge in [0.15, 0.2) is 5.79 Å².